The lowest BCUT2D eigenvalue weighted by atomic mass is 10.1. The molecule has 1 saturated heterocycles. The quantitative estimate of drug-likeness (QED) is 0.890. The van der Waals surface area contributed by atoms with E-state index in [-0.39, 0.29) is 0 Å². The van der Waals surface area contributed by atoms with Gasteiger partial charge in [-0.2, -0.15) is 0 Å². The van der Waals surface area contributed by atoms with E-state index < -0.39 is 0 Å². The van der Waals surface area contributed by atoms with Crippen molar-refractivity contribution in [3.63, 3.8) is 0 Å². The van der Waals surface area contributed by atoms with Gasteiger partial charge in [0.2, 0.25) is 0 Å². The number of aromatic nitrogens is 1. The Morgan fingerprint density at radius 3 is 2.78 bits per heavy atom. The van der Waals surface area contributed by atoms with Gasteiger partial charge >= 0.3 is 0 Å². The molecule has 3 rings (SSSR count). The Labute approximate surface area is 108 Å². The van der Waals surface area contributed by atoms with E-state index >= 15 is 0 Å². The first kappa shape index (κ1) is 11.8. The summed E-state index contributed by atoms with van der Waals surface area (Å²) in [5.74, 6) is 0. The molecule has 18 heavy (non-hydrogen) atoms. The molecule has 1 aromatic heterocycles. The van der Waals surface area contributed by atoms with Crippen molar-refractivity contribution in [3.8, 4) is 0 Å². The fraction of sp³-hybridized carbons (Fsp3) is 0.467. The van der Waals surface area contributed by atoms with Gasteiger partial charge in [0, 0.05) is 56.4 Å². The van der Waals surface area contributed by atoms with E-state index in [1.54, 1.807) is 0 Å². The molecule has 0 atom stereocenters. The maximum Gasteiger partial charge on any atom is 0.0483 e. The number of piperazine rings is 1. The molecule has 0 aliphatic carbocycles. The molecule has 3 heteroatoms. The molecule has 96 valence electrons. The molecule has 1 N–H and O–H groups in total. The van der Waals surface area contributed by atoms with E-state index in [2.05, 4.69) is 52.2 Å². The van der Waals surface area contributed by atoms with Gasteiger partial charge in [-0.1, -0.05) is 12.1 Å². The van der Waals surface area contributed by atoms with Crippen LogP contribution in [0.15, 0.2) is 30.5 Å². The third kappa shape index (κ3) is 2.16. The van der Waals surface area contributed by atoms with Crippen LogP contribution in [-0.4, -0.2) is 35.6 Å². The number of hydrogen-bond acceptors (Lipinski definition) is 2. The van der Waals surface area contributed by atoms with Crippen molar-refractivity contribution >= 4 is 10.9 Å². The number of aryl methyl sites for hydroxylation is 1. The summed E-state index contributed by atoms with van der Waals surface area (Å²) in [6.45, 7) is 8.86. The van der Waals surface area contributed by atoms with E-state index in [0.29, 0.717) is 0 Å². The third-order valence-corrected chi connectivity index (χ3v) is 3.85. The summed E-state index contributed by atoms with van der Waals surface area (Å²) in [5, 5.41) is 4.82. The van der Waals surface area contributed by atoms with E-state index in [4.69, 9.17) is 0 Å². The zero-order valence-corrected chi connectivity index (χ0v) is 11.0. The summed E-state index contributed by atoms with van der Waals surface area (Å²) in [6, 6.07) is 8.94. The lowest BCUT2D eigenvalue weighted by Crippen LogP contribution is -2.42. The molecule has 0 amide bonds. The van der Waals surface area contributed by atoms with Crippen molar-refractivity contribution in [3.05, 3.63) is 36.0 Å². The Morgan fingerprint density at radius 2 is 2.00 bits per heavy atom. The van der Waals surface area contributed by atoms with Crippen LogP contribution >= 0.6 is 0 Å². The molecular weight excluding hydrogens is 222 g/mol. The molecule has 0 saturated carbocycles. The van der Waals surface area contributed by atoms with Crippen molar-refractivity contribution < 1.29 is 0 Å². The number of hydrogen-bond donors (Lipinski definition) is 1. The highest BCUT2D eigenvalue weighted by atomic mass is 15.2. The highest BCUT2D eigenvalue weighted by Crippen LogP contribution is 2.21. The van der Waals surface area contributed by atoms with Gasteiger partial charge in [0.1, 0.15) is 0 Å². The van der Waals surface area contributed by atoms with Gasteiger partial charge < -0.3 is 9.88 Å². The topological polar surface area (TPSA) is 20.2 Å². The lowest BCUT2D eigenvalue weighted by Gasteiger charge is -2.27. The molecule has 0 spiro atoms. The fourth-order valence-corrected chi connectivity index (χ4v) is 2.81. The van der Waals surface area contributed by atoms with Crippen LogP contribution in [0.3, 0.4) is 0 Å². The second-order valence-corrected chi connectivity index (χ2v) is 4.98. The van der Waals surface area contributed by atoms with Crippen LogP contribution in [0.1, 0.15) is 12.5 Å². The standard InChI is InChI=1S/C15H21N3/c1-2-18-9-6-14-13(4-3-5-15(14)18)12-17-10-7-16-8-11-17/h3-6,9,16H,2,7-8,10-12H2,1H3. The van der Waals surface area contributed by atoms with E-state index in [1.165, 1.54) is 16.5 Å². The van der Waals surface area contributed by atoms with Crippen LogP contribution in [-0.2, 0) is 13.1 Å². The molecule has 1 aliphatic heterocycles. The fourth-order valence-electron chi connectivity index (χ4n) is 2.81. The van der Waals surface area contributed by atoms with Gasteiger partial charge in [-0.05, 0) is 24.6 Å². The van der Waals surface area contributed by atoms with Crippen LogP contribution in [0.2, 0.25) is 0 Å². The molecule has 2 aromatic rings. The maximum absolute atomic E-state index is 3.41. The number of rotatable bonds is 3. The Balaban J connectivity index is 1.89. The molecular formula is C15H21N3. The molecule has 3 nitrogen and oxygen atoms in total. The monoisotopic (exact) mass is 243 g/mol. The van der Waals surface area contributed by atoms with Crippen molar-refractivity contribution in [1.29, 1.82) is 0 Å². The smallest absolute Gasteiger partial charge is 0.0483 e. The van der Waals surface area contributed by atoms with E-state index in [0.717, 1.165) is 39.3 Å². The Bertz CT molecular complexity index is 524. The van der Waals surface area contributed by atoms with Crippen LogP contribution < -0.4 is 5.32 Å². The van der Waals surface area contributed by atoms with Crippen LogP contribution in [0.5, 0.6) is 0 Å². The summed E-state index contributed by atoms with van der Waals surface area (Å²) < 4.78 is 2.32. The van der Waals surface area contributed by atoms with Crippen molar-refractivity contribution in [2.45, 2.75) is 20.0 Å². The minimum absolute atomic E-state index is 1.04. The number of nitrogens with one attached hydrogen (secondary N) is 1. The molecule has 1 aromatic carbocycles. The van der Waals surface area contributed by atoms with Gasteiger partial charge in [0.05, 0.1) is 0 Å². The molecule has 0 bridgehead atoms. The average molecular weight is 243 g/mol. The Kier molecular flexibility index (Phi) is 3.35. The third-order valence-electron chi connectivity index (χ3n) is 3.85. The predicted molar refractivity (Wildman–Crippen MR) is 75.8 cm³/mol. The van der Waals surface area contributed by atoms with Crippen LogP contribution in [0.25, 0.3) is 10.9 Å². The SMILES string of the molecule is CCn1ccc2c(CN3CCNCC3)cccc21. The number of nitrogens with zero attached hydrogens (tertiary/aromatic N) is 2. The van der Waals surface area contributed by atoms with E-state index in [9.17, 15) is 0 Å². The van der Waals surface area contributed by atoms with E-state index in [1.807, 2.05) is 0 Å². The lowest BCUT2D eigenvalue weighted by molar-refractivity contribution is 0.234. The molecule has 1 fully saturated rings. The predicted octanol–water partition coefficient (Wildman–Crippen LogP) is 2.07. The number of fused-ring (bicyclic) bond motifs is 1. The molecule has 0 radical (unpaired) electrons. The first-order valence-electron chi connectivity index (χ1n) is 6.88. The minimum atomic E-state index is 1.04. The van der Waals surface area contributed by atoms with Gasteiger partial charge in [0.15, 0.2) is 0 Å². The van der Waals surface area contributed by atoms with Gasteiger partial charge in [-0.3, -0.25) is 4.90 Å². The zero-order valence-electron chi connectivity index (χ0n) is 11.0. The van der Waals surface area contributed by atoms with Crippen LogP contribution in [0, 0.1) is 0 Å². The molecule has 2 heterocycles. The first-order chi connectivity index (χ1) is 8.88. The van der Waals surface area contributed by atoms with Crippen molar-refractivity contribution in [2.75, 3.05) is 26.2 Å². The van der Waals surface area contributed by atoms with Gasteiger partial charge in [0.25, 0.3) is 0 Å². The largest absolute Gasteiger partial charge is 0.348 e. The highest BCUT2D eigenvalue weighted by molar-refractivity contribution is 5.83. The second-order valence-electron chi connectivity index (χ2n) is 4.98. The van der Waals surface area contributed by atoms with Gasteiger partial charge in [-0.15, -0.1) is 0 Å². The summed E-state index contributed by atoms with van der Waals surface area (Å²) >= 11 is 0. The summed E-state index contributed by atoms with van der Waals surface area (Å²) in [6.07, 6.45) is 2.20. The minimum Gasteiger partial charge on any atom is -0.348 e. The molecule has 0 unspecified atom stereocenters. The van der Waals surface area contributed by atoms with Crippen molar-refractivity contribution in [2.24, 2.45) is 0 Å². The Hall–Kier alpha value is -1.32. The maximum atomic E-state index is 3.41. The summed E-state index contributed by atoms with van der Waals surface area (Å²) in [5.41, 5.74) is 2.83. The highest BCUT2D eigenvalue weighted by Gasteiger charge is 2.12. The Morgan fingerprint density at radius 1 is 1.17 bits per heavy atom. The normalized spacial score (nSPS) is 17.4. The molecule has 1 aliphatic rings. The zero-order chi connectivity index (χ0) is 12.4. The first-order valence-corrected chi connectivity index (χ1v) is 6.88. The summed E-state index contributed by atoms with van der Waals surface area (Å²) in [4.78, 5) is 2.54. The summed E-state index contributed by atoms with van der Waals surface area (Å²) in [7, 11) is 0. The van der Waals surface area contributed by atoms with Crippen molar-refractivity contribution in [1.82, 2.24) is 14.8 Å². The number of benzene rings is 1. The van der Waals surface area contributed by atoms with Gasteiger partial charge in [-0.25, -0.2) is 0 Å². The van der Waals surface area contributed by atoms with Crippen LogP contribution in [0.4, 0.5) is 0 Å². The average Bonchev–Trinajstić information content (AvgIpc) is 2.84. The second kappa shape index (κ2) is 5.12.